The molecule has 0 amide bonds. The van der Waals surface area contributed by atoms with Gasteiger partial charge in [-0.1, -0.05) is 30.3 Å². The van der Waals surface area contributed by atoms with Crippen LogP contribution in [0, 0.1) is 18.3 Å². The van der Waals surface area contributed by atoms with Crippen LogP contribution >= 0.6 is 0 Å². The highest BCUT2D eigenvalue weighted by Gasteiger charge is 2.22. The molecule has 0 radical (unpaired) electrons. The molecule has 2 aromatic carbocycles. The van der Waals surface area contributed by atoms with Crippen molar-refractivity contribution in [1.29, 1.82) is 5.26 Å². The Morgan fingerprint density at radius 2 is 1.90 bits per heavy atom. The summed E-state index contributed by atoms with van der Waals surface area (Å²) in [6.07, 6.45) is 4.23. The van der Waals surface area contributed by atoms with Crippen molar-refractivity contribution in [3.8, 4) is 17.2 Å². The van der Waals surface area contributed by atoms with Crippen LogP contribution in [0.1, 0.15) is 39.8 Å². The first kappa shape index (κ1) is 18.9. The predicted molar refractivity (Wildman–Crippen MR) is 113 cm³/mol. The first-order valence-electron chi connectivity index (χ1n) is 9.79. The Morgan fingerprint density at radius 3 is 2.66 bits per heavy atom. The summed E-state index contributed by atoms with van der Waals surface area (Å²) in [5.74, 6) is 0.270. The van der Waals surface area contributed by atoms with Crippen LogP contribution in [0.3, 0.4) is 0 Å². The fraction of sp³-hybridized carbons (Fsp3) is 0.240. The van der Waals surface area contributed by atoms with Crippen molar-refractivity contribution >= 4 is 5.78 Å². The average Bonchev–Trinajstić information content (AvgIpc) is 2.72. The van der Waals surface area contributed by atoms with Crippen molar-refractivity contribution in [2.75, 3.05) is 0 Å². The fourth-order valence-corrected chi connectivity index (χ4v) is 4.26. The number of hydrogen-bond donors (Lipinski definition) is 0. The van der Waals surface area contributed by atoms with Gasteiger partial charge in [-0.25, -0.2) is 0 Å². The number of rotatable bonds is 3. The van der Waals surface area contributed by atoms with E-state index >= 15 is 0 Å². The van der Waals surface area contributed by atoms with E-state index in [1.54, 1.807) is 11.6 Å². The van der Waals surface area contributed by atoms with Crippen LogP contribution in [0.4, 0.5) is 0 Å². The fourth-order valence-electron chi connectivity index (χ4n) is 4.26. The number of carbonyl (C=O) groups is 1. The summed E-state index contributed by atoms with van der Waals surface area (Å²) >= 11 is 0. The molecular formula is C25H22N2O2. The highest BCUT2D eigenvalue weighted by molar-refractivity contribution is 5.84. The van der Waals surface area contributed by atoms with Gasteiger partial charge in [0.2, 0.25) is 0 Å². The van der Waals surface area contributed by atoms with Gasteiger partial charge >= 0.3 is 0 Å². The molecule has 4 rings (SSSR count). The molecule has 1 aliphatic carbocycles. The lowest BCUT2D eigenvalue weighted by Gasteiger charge is -2.23. The number of aromatic nitrogens is 1. The minimum Gasteiger partial charge on any atom is -0.318 e. The molecule has 0 unspecified atom stereocenters. The summed E-state index contributed by atoms with van der Waals surface area (Å²) in [5.41, 5.74) is 7.81. The van der Waals surface area contributed by atoms with Gasteiger partial charge in [0.25, 0.3) is 5.56 Å². The third-order valence-corrected chi connectivity index (χ3v) is 5.75. The van der Waals surface area contributed by atoms with Crippen LogP contribution < -0.4 is 5.56 Å². The second kappa shape index (κ2) is 7.52. The predicted octanol–water partition coefficient (Wildman–Crippen LogP) is 3.88. The monoisotopic (exact) mass is 382 g/mol. The third kappa shape index (κ3) is 3.52. The van der Waals surface area contributed by atoms with E-state index in [4.69, 9.17) is 0 Å². The maximum absolute atomic E-state index is 12.2. The molecule has 1 aliphatic rings. The molecule has 3 aromatic rings. The highest BCUT2D eigenvalue weighted by atomic mass is 16.1. The number of pyridine rings is 1. The number of fused-ring (bicyclic) bond motifs is 1. The summed E-state index contributed by atoms with van der Waals surface area (Å²) in [4.78, 5) is 24.2. The molecule has 29 heavy (non-hydrogen) atoms. The maximum atomic E-state index is 12.2. The van der Waals surface area contributed by atoms with Crippen LogP contribution in [-0.4, -0.2) is 10.4 Å². The molecule has 1 heterocycles. The zero-order valence-electron chi connectivity index (χ0n) is 16.7. The summed E-state index contributed by atoms with van der Waals surface area (Å²) in [7, 11) is 1.76. The lowest BCUT2D eigenvalue weighted by molar-refractivity contribution is -0.118. The molecule has 0 saturated heterocycles. The van der Waals surface area contributed by atoms with E-state index in [1.807, 2.05) is 49.5 Å². The second-order valence-electron chi connectivity index (χ2n) is 7.72. The van der Waals surface area contributed by atoms with E-state index in [0.717, 1.165) is 34.2 Å². The number of benzene rings is 2. The average molecular weight is 382 g/mol. The smallest absolute Gasteiger partial charge is 0.253 e. The van der Waals surface area contributed by atoms with Crippen molar-refractivity contribution in [1.82, 2.24) is 4.57 Å². The van der Waals surface area contributed by atoms with E-state index in [1.165, 1.54) is 5.56 Å². The minimum absolute atomic E-state index is 0.00585. The van der Waals surface area contributed by atoms with Crippen LogP contribution in [0.15, 0.2) is 53.5 Å². The van der Waals surface area contributed by atoms with Crippen molar-refractivity contribution in [2.24, 2.45) is 7.05 Å². The molecule has 0 atom stereocenters. The number of nitriles is 1. The summed E-state index contributed by atoms with van der Waals surface area (Å²) in [6.45, 7) is 1.83. The van der Waals surface area contributed by atoms with Crippen molar-refractivity contribution in [3.63, 3.8) is 0 Å². The quantitative estimate of drug-likeness (QED) is 0.691. The first-order valence-corrected chi connectivity index (χ1v) is 9.79. The lowest BCUT2D eigenvalue weighted by Crippen LogP contribution is -2.19. The molecule has 4 nitrogen and oxygen atoms in total. The molecule has 4 heteroatoms. The number of aryl methyl sites for hydroxylation is 2. The van der Waals surface area contributed by atoms with Crippen LogP contribution in [-0.2, 0) is 31.1 Å². The Labute approximate surface area is 170 Å². The third-order valence-electron chi connectivity index (χ3n) is 5.75. The Hall–Kier alpha value is -3.45. The molecule has 0 N–H and O–H groups in total. The van der Waals surface area contributed by atoms with Crippen LogP contribution in [0.5, 0.6) is 0 Å². The summed E-state index contributed by atoms with van der Waals surface area (Å²) in [5, 5.41) is 9.53. The Bertz CT molecular complexity index is 1200. The number of ketones is 1. The van der Waals surface area contributed by atoms with Gasteiger partial charge in [0, 0.05) is 31.6 Å². The van der Waals surface area contributed by atoms with Crippen molar-refractivity contribution < 1.29 is 4.79 Å². The molecule has 0 fully saturated rings. The van der Waals surface area contributed by atoms with E-state index in [9.17, 15) is 14.9 Å². The number of nitrogens with zero attached hydrogens (tertiary/aromatic N) is 2. The minimum atomic E-state index is -0.00585. The molecule has 144 valence electrons. The van der Waals surface area contributed by atoms with Gasteiger partial charge in [-0.2, -0.15) is 5.26 Å². The first-order chi connectivity index (χ1) is 14.0. The van der Waals surface area contributed by atoms with Gasteiger partial charge in [-0.3, -0.25) is 9.59 Å². The molecular weight excluding hydrogens is 360 g/mol. The number of Topliss-reactive ketones (excluding diaryl/α,β-unsaturated/α-hetero) is 1. The zero-order valence-corrected chi connectivity index (χ0v) is 16.7. The Morgan fingerprint density at radius 1 is 1.10 bits per heavy atom. The molecule has 0 saturated carbocycles. The molecule has 0 aliphatic heterocycles. The van der Waals surface area contributed by atoms with Gasteiger partial charge < -0.3 is 4.57 Å². The van der Waals surface area contributed by atoms with E-state index in [-0.39, 0.29) is 11.3 Å². The highest BCUT2D eigenvalue weighted by Crippen LogP contribution is 2.34. The largest absolute Gasteiger partial charge is 0.318 e. The number of hydrogen-bond acceptors (Lipinski definition) is 3. The van der Waals surface area contributed by atoms with Gasteiger partial charge in [0.05, 0.1) is 11.6 Å². The Kier molecular flexibility index (Phi) is 4.90. The topological polar surface area (TPSA) is 62.9 Å². The zero-order chi connectivity index (χ0) is 20.5. The van der Waals surface area contributed by atoms with E-state index < -0.39 is 0 Å². The SMILES string of the molecule is Cc1cc(-c2ccc3c(c2Cc2ccccc2C#N)CCC(=O)C3)cn(C)c1=O. The Balaban J connectivity index is 1.94. The van der Waals surface area contributed by atoms with Gasteiger partial charge in [-0.15, -0.1) is 0 Å². The van der Waals surface area contributed by atoms with Gasteiger partial charge in [-0.05, 0) is 65.3 Å². The summed E-state index contributed by atoms with van der Waals surface area (Å²) in [6, 6.07) is 16.0. The normalized spacial score (nSPS) is 13.1. The van der Waals surface area contributed by atoms with Gasteiger partial charge in [0.15, 0.2) is 0 Å². The lowest BCUT2D eigenvalue weighted by atomic mass is 9.81. The molecule has 0 spiro atoms. The van der Waals surface area contributed by atoms with Crippen molar-refractivity contribution in [3.05, 3.63) is 92.4 Å². The van der Waals surface area contributed by atoms with E-state index in [2.05, 4.69) is 12.1 Å². The molecule has 1 aromatic heterocycles. The number of carbonyl (C=O) groups excluding carboxylic acids is 1. The van der Waals surface area contributed by atoms with Crippen LogP contribution in [0.25, 0.3) is 11.1 Å². The van der Waals surface area contributed by atoms with Crippen LogP contribution in [0.2, 0.25) is 0 Å². The van der Waals surface area contributed by atoms with Gasteiger partial charge in [0.1, 0.15) is 5.78 Å². The maximum Gasteiger partial charge on any atom is 0.253 e. The molecule has 0 bridgehead atoms. The van der Waals surface area contributed by atoms with E-state index in [0.29, 0.717) is 30.4 Å². The summed E-state index contributed by atoms with van der Waals surface area (Å²) < 4.78 is 1.61. The standard InChI is InChI=1S/C25H22N2O2/c1-16-11-20(15-27(2)25(16)29)23-9-7-18-12-21(28)8-10-22(18)24(23)13-17-5-3-4-6-19(17)14-26/h3-7,9,11,15H,8,10,12-13H2,1-2H3. The van der Waals surface area contributed by atoms with Crippen molar-refractivity contribution in [2.45, 2.75) is 32.6 Å². The second-order valence-corrected chi connectivity index (χ2v) is 7.72.